The van der Waals surface area contributed by atoms with Crippen molar-refractivity contribution in [3.8, 4) is 11.5 Å². The molecule has 3 N–H and O–H groups in total. The van der Waals surface area contributed by atoms with Crippen LogP contribution >= 0.6 is 11.6 Å². The molecule has 4 rings (SSSR count). The summed E-state index contributed by atoms with van der Waals surface area (Å²) in [6.45, 7) is 5.18. The maximum atomic E-state index is 9.67. The van der Waals surface area contributed by atoms with Crippen molar-refractivity contribution in [3.05, 3.63) is 52.8 Å². The molecule has 1 saturated heterocycles. The normalized spacial score (nSPS) is 16.3. The molecule has 1 aliphatic rings. The number of hydrogen-bond donors (Lipinski definition) is 3. The van der Waals surface area contributed by atoms with Crippen molar-refractivity contribution in [1.82, 2.24) is 19.8 Å². The summed E-state index contributed by atoms with van der Waals surface area (Å²) in [6, 6.07) is 11.0. The van der Waals surface area contributed by atoms with Gasteiger partial charge in [-0.15, -0.1) is 0 Å². The Kier molecular flexibility index (Phi) is 4.72. The molecule has 0 atom stereocenters. The van der Waals surface area contributed by atoms with Gasteiger partial charge in [0.1, 0.15) is 5.82 Å². The lowest BCUT2D eigenvalue weighted by Crippen LogP contribution is -2.45. The van der Waals surface area contributed by atoms with E-state index in [9.17, 15) is 10.2 Å². The number of nitrogens with one attached hydrogen (secondary N) is 1. The molecule has 3 aromatic rings. The monoisotopic (exact) mass is 372 g/mol. The van der Waals surface area contributed by atoms with Gasteiger partial charge in [0.15, 0.2) is 11.5 Å². The van der Waals surface area contributed by atoms with E-state index in [2.05, 4.69) is 19.8 Å². The van der Waals surface area contributed by atoms with Crippen LogP contribution in [0.1, 0.15) is 11.4 Å². The van der Waals surface area contributed by atoms with Gasteiger partial charge in [0.05, 0.1) is 17.6 Å². The first kappa shape index (κ1) is 17.1. The molecular formula is C19H21ClN4O2. The third kappa shape index (κ3) is 3.62. The Labute approximate surface area is 156 Å². The van der Waals surface area contributed by atoms with Crippen molar-refractivity contribution in [2.45, 2.75) is 13.1 Å². The summed E-state index contributed by atoms with van der Waals surface area (Å²) in [5, 5.41) is 19.6. The van der Waals surface area contributed by atoms with Gasteiger partial charge < -0.3 is 15.2 Å². The Morgan fingerprint density at radius 3 is 2.35 bits per heavy atom. The molecule has 1 fully saturated rings. The number of phenolic OH excluding ortho intramolecular Hbond substituents is 2. The zero-order chi connectivity index (χ0) is 18.1. The first-order valence-corrected chi connectivity index (χ1v) is 9.05. The lowest BCUT2D eigenvalue weighted by Gasteiger charge is -2.34. The minimum atomic E-state index is -0.186. The molecule has 1 aromatic heterocycles. The van der Waals surface area contributed by atoms with Gasteiger partial charge in [-0.2, -0.15) is 0 Å². The number of rotatable bonds is 4. The number of fused-ring (bicyclic) bond motifs is 1. The first-order chi connectivity index (χ1) is 12.6. The average Bonchev–Trinajstić information content (AvgIpc) is 3.03. The second-order valence-electron chi connectivity index (χ2n) is 6.69. The number of aromatic hydroxyl groups is 2. The van der Waals surface area contributed by atoms with Crippen molar-refractivity contribution in [1.29, 1.82) is 0 Å². The largest absolute Gasteiger partial charge is 0.504 e. The van der Waals surface area contributed by atoms with Gasteiger partial charge in [0.2, 0.25) is 0 Å². The fraction of sp³-hybridized carbons (Fsp3) is 0.316. The lowest BCUT2D eigenvalue weighted by molar-refractivity contribution is 0.120. The Morgan fingerprint density at radius 2 is 1.62 bits per heavy atom. The standard InChI is InChI=1S/C19H21ClN4O2/c20-14-10-18(26)17(25)9-13(14)11-23-5-7-24(8-6-23)12-19-21-15-3-1-2-4-16(15)22-19/h1-4,9-10,25-26H,5-8,11-12H2,(H,21,22). The van der Waals surface area contributed by atoms with Gasteiger partial charge in [0, 0.05) is 43.8 Å². The molecule has 0 amide bonds. The summed E-state index contributed by atoms with van der Waals surface area (Å²) in [4.78, 5) is 12.7. The maximum absolute atomic E-state index is 9.67. The highest BCUT2D eigenvalue weighted by Gasteiger charge is 2.19. The molecule has 0 aliphatic carbocycles. The number of imidazole rings is 1. The van der Waals surface area contributed by atoms with Crippen LogP contribution in [0.15, 0.2) is 36.4 Å². The number of para-hydroxylation sites is 2. The molecule has 136 valence electrons. The van der Waals surface area contributed by atoms with Crippen LogP contribution in [0, 0.1) is 0 Å². The van der Waals surface area contributed by atoms with E-state index in [4.69, 9.17) is 11.6 Å². The molecule has 6 nitrogen and oxygen atoms in total. The molecule has 26 heavy (non-hydrogen) atoms. The van der Waals surface area contributed by atoms with E-state index < -0.39 is 0 Å². The molecule has 0 saturated carbocycles. The predicted octanol–water partition coefficient (Wildman–Crippen LogP) is 2.95. The van der Waals surface area contributed by atoms with Gasteiger partial charge in [-0.3, -0.25) is 9.80 Å². The quantitative estimate of drug-likeness (QED) is 0.614. The van der Waals surface area contributed by atoms with E-state index in [1.165, 1.54) is 6.07 Å². The Bertz CT molecular complexity index is 886. The average molecular weight is 373 g/mol. The van der Waals surface area contributed by atoms with E-state index in [1.54, 1.807) is 6.07 Å². The highest BCUT2D eigenvalue weighted by Crippen LogP contribution is 2.32. The Balaban J connectivity index is 1.34. The first-order valence-electron chi connectivity index (χ1n) is 8.67. The van der Waals surface area contributed by atoms with Crippen LogP contribution in [0.5, 0.6) is 11.5 Å². The summed E-state index contributed by atoms with van der Waals surface area (Å²) in [6.07, 6.45) is 0. The topological polar surface area (TPSA) is 75.6 Å². The van der Waals surface area contributed by atoms with Crippen LogP contribution < -0.4 is 0 Å². The van der Waals surface area contributed by atoms with Crippen molar-refractivity contribution in [2.24, 2.45) is 0 Å². The van der Waals surface area contributed by atoms with Crippen molar-refractivity contribution in [2.75, 3.05) is 26.2 Å². The van der Waals surface area contributed by atoms with E-state index in [0.29, 0.717) is 11.6 Å². The van der Waals surface area contributed by atoms with Crippen molar-refractivity contribution < 1.29 is 10.2 Å². The SMILES string of the molecule is Oc1cc(Cl)c(CN2CCN(Cc3nc4ccccc4[nH]3)CC2)cc1O. The smallest absolute Gasteiger partial charge is 0.158 e. The van der Waals surface area contributed by atoms with Crippen LogP contribution in [0.2, 0.25) is 5.02 Å². The fourth-order valence-corrected chi connectivity index (χ4v) is 3.57. The van der Waals surface area contributed by atoms with Crippen molar-refractivity contribution >= 4 is 22.6 Å². The minimum Gasteiger partial charge on any atom is -0.504 e. The molecule has 0 spiro atoms. The molecule has 2 heterocycles. The lowest BCUT2D eigenvalue weighted by atomic mass is 10.1. The molecule has 0 unspecified atom stereocenters. The second-order valence-corrected chi connectivity index (χ2v) is 7.09. The molecule has 2 aromatic carbocycles. The summed E-state index contributed by atoms with van der Waals surface area (Å²) >= 11 is 6.17. The summed E-state index contributed by atoms with van der Waals surface area (Å²) in [7, 11) is 0. The number of hydrogen-bond acceptors (Lipinski definition) is 5. The molecule has 0 bridgehead atoms. The number of halogens is 1. The Hall–Kier alpha value is -2.28. The second kappa shape index (κ2) is 7.15. The molecule has 0 radical (unpaired) electrons. The van der Waals surface area contributed by atoms with E-state index in [0.717, 1.165) is 55.1 Å². The van der Waals surface area contributed by atoms with Gasteiger partial charge in [-0.05, 0) is 23.8 Å². The highest BCUT2D eigenvalue weighted by molar-refractivity contribution is 6.31. The van der Waals surface area contributed by atoms with Gasteiger partial charge in [-0.25, -0.2) is 4.98 Å². The third-order valence-electron chi connectivity index (χ3n) is 4.81. The highest BCUT2D eigenvalue weighted by atomic mass is 35.5. The maximum Gasteiger partial charge on any atom is 0.158 e. The predicted molar refractivity (Wildman–Crippen MR) is 101 cm³/mol. The van der Waals surface area contributed by atoms with Crippen molar-refractivity contribution in [3.63, 3.8) is 0 Å². The Morgan fingerprint density at radius 1 is 0.962 bits per heavy atom. The summed E-state index contributed by atoms with van der Waals surface area (Å²) < 4.78 is 0. The number of nitrogens with zero attached hydrogens (tertiary/aromatic N) is 3. The van der Waals surface area contributed by atoms with Gasteiger partial charge in [-0.1, -0.05) is 23.7 Å². The number of aromatic nitrogens is 2. The fourth-order valence-electron chi connectivity index (χ4n) is 3.35. The van der Waals surface area contributed by atoms with Crippen LogP contribution in [0.3, 0.4) is 0 Å². The molecule has 1 aliphatic heterocycles. The van der Waals surface area contributed by atoms with Gasteiger partial charge >= 0.3 is 0 Å². The van der Waals surface area contributed by atoms with E-state index in [1.807, 2.05) is 24.3 Å². The number of aromatic amines is 1. The van der Waals surface area contributed by atoms with E-state index in [-0.39, 0.29) is 11.5 Å². The molecular weight excluding hydrogens is 352 g/mol. The van der Waals surface area contributed by atoms with Crippen LogP contribution in [-0.4, -0.2) is 56.2 Å². The van der Waals surface area contributed by atoms with Crippen LogP contribution in [0.4, 0.5) is 0 Å². The summed E-state index contributed by atoms with van der Waals surface area (Å²) in [5.41, 5.74) is 2.90. The zero-order valence-corrected chi connectivity index (χ0v) is 15.1. The van der Waals surface area contributed by atoms with Gasteiger partial charge in [0.25, 0.3) is 0 Å². The van der Waals surface area contributed by atoms with E-state index >= 15 is 0 Å². The third-order valence-corrected chi connectivity index (χ3v) is 5.17. The number of piperazine rings is 1. The van der Waals surface area contributed by atoms with Crippen LogP contribution in [0.25, 0.3) is 11.0 Å². The number of benzene rings is 2. The number of H-pyrrole nitrogens is 1. The molecule has 7 heteroatoms. The summed E-state index contributed by atoms with van der Waals surface area (Å²) in [5.74, 6) is 0.675. The number of phenols is 2. The van der Waals surface area contributed by atoms with Crippen LogP contribution in [-0.2, 0) is 13.1 Å². The minimum absolute atomic E-state index is 0.132. The zero-order valence-electron chi connectivity index (χ0n) is 14.3.